The molecule has 0 aliphatic heterocycles. The van der Waals surface area contributed by atoms with E-state index in [2.05, 4.69) is 4.98 Å². The number of hydrogen-bond acceptors (Lipinski definition) is 4. The smallest absolute Gasteiger partial charge is 0.0738 e. The summed E-state index contributed by atoms with van der Waals surface area (Å²) in [5.41, 5.74) is 7.36. The lowest BCUT2D eigenvalue weighted by molar-refractivity contribution is 0.290. The molecule has 0 unspecified atom stereocenters. The van der Waals surface area contributed by atoms with Crippen molar-refractivity contribution in [2.75, 3.05) is 30.8 Å². The van der Waals surface area contributed by atoms with Crippen molar-refractivity contribution in [3.8, 4) is 0 Å². The molecule has 1 aromatic rings. The highest BCUT2D eigenvalue weighted by molar-refractivity contribution is 5.65. The number of hydrogen-bond donors (Lipinski definition) is 2. The summed E-state index contributed by atoms with van der Waals surface area (Å²) in [5.74, 6) is 0. The zero-order valence-electron chi connectivity index (χ0n) is 7.77. The van der Waals surface area contributed by atoms with Gasteiger partial charge in [-0.15, -0.1) is 0 Å². The van der Waals surface area contributed by atoms with Crippen molar-refractivity contribution in [2.24, 2.45) is 0 Å². The zero-order valence-corrected chi connectivity index (χ0v) is 7.77. The Labute approximate surface area is 78.0 Å². The lowest BCUT2D eigenvalue weighted by Gasteiger charge is -2.19. The molecule has 0 atom stereocenters. The van der Waals surface area contributed by atoms with Gasteiger partial charge in [0.15, 0.2) is 0 Å². The Kier molecular flexibility index (Phi) is 3.52. The van der Waals surface area contributed by atoms with Crippen LogP contribution in [0.2, 0.25) is 0 Å². The van der Waals surface area contributed by atoms with Crippen molar-refractivity contribution in [1.82, 2.24) is 4.98 Å². The average Bonchev–Trinajstić information content (AvgIpc) is 2.15. The van der Waals surface area contributed by atoms with E-state index in [-0.39, 0.29) is 6.61 Å². The topological polar surface area (TPSA) is 62.4 Å². The number of nitrogens with two attached hydrogens (primary N) is 1. The fraction of sp³-hybridized carbons (Fsp3) is 0.444. The van der Waals surface area contributed by atoms with E-state index in [1.54, 1.807) is 12.4 Å². The summed E-state index contributed by atoms with van der Waals surface area (Å²) in [6, 6.07) is 1.87. The van der Waals surface area contributed by atoms with Gasteiger partial charge in [-0.25, -0.2) is 0 Å². The van der Waals surface area contributed by atoms with Crippen LogP contribution in [0.4, 0.5) is 11.4 Å². The average molecular weight is 181 g/mol. The number of aliphatic hydroxyl groups is 1. The Balaban J connectivity index is 2.65. The van der Waals surface area contributed by atoms with Crippen molar-refractivity contribution < 1.29 is 5.11 Å². The normalized spacial score (nSPS) is 10.0. The Bertz CT molecular complexity index is 265. The SMILES string of the molecule is CN(CCCO)c1ccncc1N. The highest BCUT2D eigenvalue weighted by atomic mass is 16.3. The molecule has 0 amide bonds. The maximum Gasteiger partial charge on any atom is 0.0738 e. The van der Waals surface area contributed by atoms with E-state index in [1.807, 2.05) is 18.0 Å². The van der Waals surface area contributed by atoms with Crippen LogP contribution in [0.25, 0.3) is 0 Å². The molecule has 3 N–H and O–H groups in total. The summed E-state index contributed by atoms with van der Waals surface area (Å²) in [7, 11) is 1.95. The number of nitrogen functional groups attached to an aromatic ring is 1. The van der Waals surface area contributed by atoms with Gasteiger partial charge in [-0.2, -0.15) is 0 Å². The van der Waals surface area contributed by atoms with Crippen LogP contribution in [-0.2, 0) is 0 Å². The standard InChI is InChI=1S/C9H15N3O/c1-12(5-2-6-13)9-3-4-11-7-8(9)10/h3-4,7,13H,2,5-6,10H2,1H3. The molecule has 0 fully saturated rings. The molecule has 0 aliphatic rings. The van der Waals surface area contributed by atoms with Gasteiger partial charge in [-0.3, -0.25) is 4.98 Å². The molecular formula is C9H15N3O. The minimum Gasteiger partial charge on any atom is -0.396 e. The molecule has 72 valence electrons. The first kappa shape index (κ1) is 9.80. The molecule has 1 heterocycles. The molecule has 0 saturated heterocycles. The zero-order chi connectivity index (χ0) is 9.68. The first-order valence-corrected chi connectivity index (χ1v) is 4.27. The largest absolute Gasteiger partial charge is 0.396 e. The van der Waals surface area contributed by atoms with Gasteiger partial charge in [0.2, 0.25) is 0 Å². The Morgan fingerprint density at radius 1 is 1.62 bits per heavy atom. The van der Waals surface area contributed by atoms with Crippen molar-refractivity contribution in [3.05, 3.63) is 18.5 Å². The molecule has 0 radical (unpaired) electrons. The van der Waals surface area contributed by atoms with Crippen LogP contribution < -0.4 is 10.6 Å². The van der Waals surface area contributed by atoms with Gasteiger partial charge in [0.05, 0.1) is 17.6 Å². The Morgan fingerprint density at radius 3 is 3.00 bits per heavy atom. The maximum atomic E-state index is 8.66. The first-order chi connectivity index (χ1) is 6.25. The number of anilines is 2. The molecule has 4 heteroatoms. The van der Waals surface area contributed by atoms with Gasteiger partial charge in [0.1, 0.15) is 0 Å². The molecular weight excluding hydrogens is 166 g/mol. The molecule has 0 bridgehead atoms. The van der Waals surface area contributed by atoms with Crippen molar-refractivity contribution in [3.63, 3.8) is 0 Å². The van der Waals surface area contributed by atoms with Crippen LogP contribution in [0.15, 0.2) is 18.5 Å². The third kappa shape index (κ3) is 2.59. The summed E-state index contributed by atoms with van der Waals surface area (Å²) in [5, 5.41) is 8.66. The van der Waals surface area contributed by atoms with E-state index in [4.69, 9.17) is 10.8 Å². The monoisotopic (exact) mass is 181 g/mol. The van der Waals surface area contributed by atoms with E-state index in [0.29, 0.717) is 5.69 Å². The molecule has 4 nitrogen and oxygen atoms in total. The van der Waals surface area contributed by atoms with Crippen molar-refractivity contribution in [1.29, 1.82) is 0 Å². The van der Waals surface area contributed by atoms with Gasteiger partial charge in [-0.1, -0.05) is 0 Å². The minimum atomic E-state index is 0.204. The van der Waals surface area contributed by atoms with E-state index in [9.17, 15) is 0 Å². The third-order valence-electron chi connectivity index (χ3n) is 1.89. The molecule has 0 aromatic carbocycles. The predicted molar refractivity (Wildman–Crippen MR) is 53.6 cm³/mol. The van der Waals surface area contributed by atoms with Crippen LogP contribution >= 0.6 is 0 Å². The third-order valence-corrected chi connectivity index (χ3v) is 1.89. The van der Waals surface area contributed by atoms with Gasteiger partial charge < -0.3 is 15.7 Å². The predicted octanol–water partition coefficient (Wildman–Crippen LogP) is 0.482. The van der Waals surface area contributed by atoms with Crippen LogP contribution in [0, 0.1) is 0 Å². The molecule has 13 heavy (non-hydrogen) atoms. The van der Waals surface area contributed by atoms with Crippen LogP contribution in [0.5, 0.6) is 0 Å². The van der Waals surface area contributed by atoms with E-state index in [0.717, 1.165) is 18.7 Å². The van der Waals surface area contributed by atoms with Crippen LogP contribution in [0.1, 0.15) is 6.42 Å². The highest BCUT2D eigenvalue weighted by Crippen LogP contribution is 2.19. The van der Waals surface area contributed by atoms with Crippen LogP contribution in [0.3, 0.4) is 0 Å². The molecule has 0 spiro atoms. The fourth-order valence-corrected chi connectivity index (χ4v) is 1.18. The lowest BCUT2D eigenvalue weighted by Crippen LogP contribution is -2.20. The van der Waals surface area contributed by atoms with E-state index < -0.39 is 0 Å². The van der Waals surface area contributed by atoms with Crippen molar-refractivity contribution in [2.45, 2.75) is 6.42 Å². The number of aromatic nitrogens is 1. The minimum absolute atomic E-state index is 0.204. The molecule has 0 aliphatic carbocycles. The van der Waals surface area contributed by atoms with Gasteiger partial charge in [0.25, 0.3) is 0 Å². The summed E-state index contributed by atoms with van der Waals surface area (Å²) in [4.78, 5) is 5.91. The summed E-state index contributed by atoms with van der Waals surface area (Å²) < 4.78 is 0. The second-order valence-corrected chi connectivity index (χ2v) is 2.93. The Morgan fingerprint density at radius 2 is 2.38 bits per heavy atom. The second kappa shape index (κ2) is 4.67. The van der Waals surface area contributed by atoms with E-state index >= 15 is 0 Å². The number of rotatable bonds is 4. The summed E-state index contributed by atoms with van der Waals surface area (Å²) in [6.07, 6.45) is 4.09. The van der Waals surface area contributed by atoms with Gasteiger partial charge >= 0.3 is 0 Å². The molecule has 0 saturated carbocycles. The molecule has 1 rings (SSSR count). The second-order valence-electron chi connectivity index (χ2n) is 2.93. The fourth-order valence-electron chi connectivity index (χ4n) is 1.18. The van der Waals surface area contributed by atoms with Gasteiger partial charge in [0, 0.05) is 26.4 Å². The van der Waals surface area contributed by atoms with Gasteiger partial charge in [-0.05, 0) is 12.5 Å². The van der Waals surface area contributed by atoms with Crippen LogP contribution in [-0.4, -0.2) is 30.3 Å². The van der Waals surface area contributed by atoms with Crippen molar-refractivity contribution >= 4 is 11.4 Å². The highest BCUT2D eigenvalue weighted by Gasteiger charge is 2.03. The quantitative estimate of drug-likeness (QED) is 0.709. The first-order valence-electron chi connectivity index (χ1n) is 4.27. The summed E-state index contributed by atoms with van der Waals surface area (Å²) in [6.45, 7) is 1.00. The molecule has 1 aromatic heterocycles. The van der Waals surface area contributed by atoms with E-state index in [1.165, 1.54) is 0 Å². The number of aliphatic hydroxyl groups excluding tert-OH is 1. The Hall–Kier alpha value is -1.29. The number of nitrogens with zero attached hydrogens (tertiary/aromatic N) is 2. The lowest BCUT2D eigenvalue weighted by atomic mass is 10.3. The number of pyridine rings is 1. The summed E-state index contributed by atoms with van der Waals surface area (Å²) >= 11 is 0. The maximum absolute atomic E-state index is 8.66.